The van der Waals surface area contributed by atoms with Crippen molar-refractivity contribution >= 4 is 32.3 Å². The van der Waals surface area contributed by atoms with E-state index in [0.717, 1.165) is 39.3 Å². The van der Waals surface area contributed by atoms with Gasteiger partial charge in [-0.15, -0.1) is 11.3 Å². The van der Waals surface area contributed by atoms with Gasteiger partial charge in [-0.3, -0.25) is 4.90 Å². The minimum atomic E-state index is -3.66. The highest BCUT2D eigenvalue weighted by atomic mass is 32.2. The molecule has 2 aromatic carbocycles. The summed E-state index contributed by atoms with van der Waals surface area (Å²) in [7, 11) is -3.66. The minimum absolute atomic E-state index is 0.0533. The number of hydrogen-bond acceptors (Lipinski definition) is 6. The van der Waals surface area contributed by atoms with E-state index in [2.05, 4.69) is 34.0 Å². The van der Waals surface area contributed by atoms with E-state index >= 15 is 0 Å². The molecule has 0 spiro atoms. The number of aromatic nitrogens is 3. The van der Waals surface area contributed by atoms with Gasteiger partial charge in [-0.1, -0.05) is 6.42 Å². The van der Waals surface area contributed by atoms with Crippen LogP contribution in [0.3, 0.4) is 0 Å². The van der Waals surface area contributed by atoms with Gasteiger partial charge in [0.05, 0.1) is 22.4 Å². The molecule has 2 aliphatic rings. The van der Waals surface area contributed by atoms with Crippen LogP contribution in [0.2, 0.25) is 0 Å². The molecule has 1 aliphatic carbocycles. The van der Waals surface area contributed by atoms with Gasteiger partial charge in [0.25, 0.3) is 10.0 Å². The molecule has 194 valence electrons. The molecule has 2 fully saturated rings. The predicted molar refractivity (Wildman–Crippen MR) is 143 cm³/mol. The number of nitrogens with zero attached hydrogens (tertiary/aromatic N) is 5. The van der Waals surface area contributed by atoms with Gasteiger partial charge in [0.1, 0.15) is 5.82 Å². The van der Waals surface area contributed by atoms with E-state index in [9.17, 15) is 12.8 Å². The normalized spacial score (nSPS) is 19.9. The summed E-state index contributed by atoms with van der Waals surface area (Å²) >= 11 is 1.36. The minimum Gasteiger partial charge on any atom is -0.293 e. The molecule has 0 N–H and O–H groups in total. The number of hydrogen-bond donors (Lipinski definition) is 0. The third-order valence-electron chi connectivity index (χ3n) is 7.76. The van der Waals surface area contributed by atoms with Crippen LogP contribution in [0.1, 0.15) is 41.4 Å². The lowest BCUT2D eigenvalue weighted by Gasteiger charge is -2.44. The maximum atomic E-state index is 13.5. The number of rotatable bonds is 6. The molecule has 37 heavy (non-hydrogen) atoms. The maximum absolute atomic E-state index is 13.5. The van der Waals surface area contributed by atoms with Gasteiger partial charge in [-0.05, 0) is 80.1 Å². The predicted octanol–water partition coefficient (Wildman–Crippen LogP) is 5.09. The first-order valence-electron chi connectivity index (χ1n) is 12.7. The summed E-state index contributed by atoms with van der Waals surface area (Å²) in [5, 5.41) is 8.09. The first-order valence-corrected chi connectivity index (χ1v) is 15.0. The summed E-state index contributed by atoms with van der Waals surface area (Å²) in [5.41, 5.74) is 3.95. The fourth-order valence-corrected chi connectivity index (χ4v) is 7.81. The van der Waals surface area contributed by atoms with Gasteiger partial charge in [-0.2, -0.15) is 9.40 Å². The monoisotopic (exact) mass is 539 g/mol. The van der Waals surface area contributed by atoms with Crippen LogP contribution in [-0.4, -0.2) is 58.6 Å². The van der Waals surface area contributed by atoms with Crippen LogP contribution in [0, 0.1) is 25.6 Å². The van der Waals surface area contributed by atoms with Crippen molar-refractivity contribution in [2.24, 2.45) is 5.92 Å². The van der Waals surface area contributed by atoms with Crippen LogP contribution in [0.25, 0.3) is 16.6 Å². The summed E-state index contributed by atoms with van der Waals surface area (Å²) < 4.78 is 43.8. The molecule has 3 heterocycles. The highest BCUT2D eigenvalue weighted by molar-refractivity contribution is 7.89. The molecule has 6 rings (SSSR count). The lowest BCUT2D eigenvalue weighted by atomic mass is 9.84. The van der Waals surface area contributed by atoms with Gasteiger partial charge in [0.2, 0.25) is 0 Å². The third kappa shape index (κ3) is 4.60. The van der Waals surface area contributed by atoms with E-state index in [1.807, 2.05) is 17.8 Å². The van der Waals surface area contributed by atoms with E-state index in [1.54, 1.807) is 21.8 Å². The Kier molecular flexibility index (Phi) is 6.38. The third-order valence-corrected chi connectivity index (χ3v) is 10.4. The van der Waals surface area contributed by atoms with Gasteiger partial charge in [0, 0.05) is 43.0 Å². The van der Waals surface area contributed by atoms with Crippen molar-refractivity contribution in [2.45, 2.75) is 44.2 Å². The van der Waals surface area contributed by atoms with Gasteiger partial charge < -0.3 is 0 Å². The number of piperazine rings is 1. The Morgan fingerprint density at radius 1 is 1.11 bits per heavy atom. The molecule has 7 nitrogen and oxygen atoms in total. The molecule has 0 unspecified atom stereocenters. The largest absolute Gasteiger partial charge is 0.293 e. The average molecular weight is 540 g/mol. The molecule has 4 aromatic rings. The Morgan fingerprint density at radius 2 is 1.89 bits per heavy atom. The van der Waals surface area contributed by atoms with Crippen molar-refractivity contribution < 1.29 is 12.8 Å². The zero-order valence-corrected chi connectivity index (χ0v) is 22.6. The Hall–Kier alpha value is -2.66. The highest BCUT2D eigenvalue weighted by Gasteiger charge is 2.38. The zero-order valence-electron chi connectivity index (χ0n) is 21.0. The van der Waals surface area contributed by atoms with Gasteiger partial charge in [-0.25, -0.2) is 22.5 Å². The highest BCUT2D eigenvalue weighted by Crippen LogP contribution is 2.36. The molecule has 0 bridgehead atoms. The standard InChI is InChI=1S/C27H30FN5O2S2/c1-18-12-25-21(14-29-33(25)23-8-6-22(28)7-9-23)13-24(18)26-16-32(11-10-31(26)15-20-4-3-5-20)37(34,35)27-17-36-19(2)30-27/h6-9,12-14,17,20,26H,3-5,10-11,15-16H2,1-2H3/t26-/m1/s1. The van der Waals surface area contributed by atoms with Crippen molar-refractivity contribution in [3.8, 4) is 5.69 Å². The van der Waals surface area contributed by atoms with E-state index in [0.29, 0.717) is 25.6 Å². The van der Waals surface area contributed by atoms with E-state index in [4.69, 9.17) is 0 Å². The second kappa shape index (κ2) is 9.58. The summed E-state index contributed by atoms with van der Waals surface area (Å²) in [5.74, 6) is 0.395. The zero-order chi connectivity index (χ0) is 25.7. The topological polar surface area (TPSA) is 71.3 Å². The average Bonchev–Trinajstić information content (AvgIpc) is 3.48. The molecule has 0 amide bonds. The van der Waals surface area contributed by atoms with Gasteiger partial charge >= 0.3 is 0 Å². The molecule has 1 atom stereocenters. The van der Waals surface area contributed by atoms with Crippen LogP contribution >= 0.6 is 11.3 Å². The van der Waals surface area contributed by atoms with Crippen LogP contribution < -0.4 is 0 Å². The lowest BCUT2D eigenvalue weighted by molar-refractivity contribution is 0.0806. The fraction of sp³-hybridized carbons (Fsp3) is 0.407. The quantitative estimate of drug-likeness (QED) is 0.342. The number of halogens is 1. The fourth-order valence-electron chi connectivity index (χ4n) is 5.47. The molecule has 1 saturated heterocycles. The van der Waals surface area contributed by atoms with Crippen LogP contribution in [0.15, 0.2) is 53.0 Å². The number of aryl methyl sites for hydroxylation is 2. The van der Waals surface area contributed by atoms with Crippen molar-refractivity contribution in [3.05, 3.63) is 69.9 Å². The van der Waals surface area contributed by atoms with Gasteiger partial charge in [0.15, 0.2) is 5.03 Å². The molecule has 1 saturated carbocycles. The van der Waals surface area contributed by atoms with Crippen molar-refractivity contribution in [3.63, 3.8) is 0 Å². The van der Waals surface area contributed by atoms with E-state index in [1.165, 1.54) is 42.7 Å². The SMILES string of the molecule is Cc1nc(S(=O)(=O)N2CCN(CC3CCC3)[C@@H](c3cc4cnn(-c5ccc(F)cc5)c4cc3C)C2)cs1. The summed E-state index contributed by atoms with van der Waals surface area (Å²) in [6.45, 7) is 6.44. The molecule has 1 aliphatic heterocycles. The summed E-state index contributed by atoms with van der Waals surface area (Å²) in [6, 6.07) is 10.5. The van der Waals surface area contributed by atoms with Crippen molar-refractivity contribution in [1.29, 1.82) is 0 Å². The molecule has 10 heteroatoms. The second-order valence-electron chi connectivity index (χ2n) is 10.2. The second-order valence-corrected chi connectivity index (χ2v) is 13.1. The molecular weight excluding hydrogens is 509 g/mol. The smallest absolute Gasteiger partial charge is 0.261 e. The number of benzene rings is 2. The van der Waals surface area contributed by atoms with Crippen LogP contribution in [0.5, 0.6) is 0 Å². The van der Waals surface area contributed by atoms with E-state index < -0.39 is 10.0 Å². The van der Waals surface area contributed by atoms with Crippen molar-refractivity contribution in [2.75, 3.05) is 26.2 Å². The number of sulfonamides is 1. The molecular formula is C27H30FN5O2S2. The maximum Gasteiger partial charge on any atom is 0.261 e. The number of thiazole rings is 1. The Bertz CT molecular complexity index is 1540. The lowest BCUT2D eigenvalue weighted by Crippen LogP contribution is -2.52. The number of fused-ring (bicyclic) bond motifs is 1. The van der Waals surface area contributed by atoms with E-state index in [-0.39, 0.29) is 16.9 Å². The van der Waals surface area contributed by atoms with Crippen LogP contribution in [0.4, 0.5) is 4.39 Å². The van der Waals surface area contributed by atoms with Crippen molar-refractivity contribution in [1.82, 2.24) is 24.0 Å². The first-order chi connectivity index (χ1) is 17.8. The Balaban J connectivity index is 1.37. The first kappa shape index (κ1) is 24.7. The Morgan fingerprint density at radius 3 is 2.57 bits per heavy atom. The Labute approximate surface area is 220 Å². The summed E-state index contributed by atoms with van der Waals surface area (Å²) in [6.07, 6.45) is 5.59. The van der Waals surface area contributed by atoms with Crippen LogP contribution in [-0.2, 0) is 10.0 Å². The summed E-state index contributed by atoms with van der Waals surface area (Å²) in [4.78, 5) is 6.75. The molecule has 0 radical (unpaired) electrons. The molecule has 2 aromatic heterocycles.